The Morgan fingerprint density at radius 2 is 1.45 bits per heavy atom. The topological polar surface area (TPSA) is 64.3 Å². The number of carbonyl (C=O) groups is 1. The summed E-state index contributed by atoms with van der Waals surface area (Å²) in [6.07, 6.45) is 2.01. The van der Waals surface area contributed by atoms with Crippen molar-refractivity contribution in [1.29, 1.82) is 0 Å². The van der Waals surface area contributed by atoms with Crippen LogP contribution in [0.4, 0.5) is 0 Å². The molecule has 0 heterocycles. The zero-order valence-corrected chi connectivity index (χ0v) is 16.2. The number of hydrogen-bond acceptors (Lipinski definition) is 4. The van der Waals surface area contributed by atoms with Crippen LogP contribution < -0.4 is 11.1 Å². The number of hydrogen-bond donors (Lipinski definition) is 2. The molecule has 1 atom stereocenters. The molecule has 0 saturated heterocycles. The van der Waals surface area contributed by atoms with Crippen LogP contribution >= 0.6 is 0 Å². The van der Waals surface area contributed by atoms with Crippen molar-refractivity contribution < 1.29 is 9.53 Å². The fourth-order valence-corrected chi connectivity index (χ4v) is 2.32. The van der Waals surface area contributed by atoms with Crippen LogP contribution in [0.15, 0.2) is 0 Å². The molecule has 0 amide bonds. The molecule has 0 fully saturated rings. The van der Waals surface area contributed by atoms with Crippen molar-refractivity contribution in [2.24, 2.45) is 11.1 Å². The van der Waals surface area contributed by atoms with Gasteiger partial charge in [0.2, 0.25) is 0 Å². The first-order valence-corrected chi connectivity index (χ1v) is 8.30. The van der Waals surface area contributed by atoms with Gasteiger partial charge in [-0.25, -0.2) is 0 Å². The van der Waals surface area contributed by atoms with Crippen LogP contribution in [0.1, 0.15) is 81.6 Å². The maximum atomic E-state index is 12.0. The second kappa shape index (κ2) is 7.41. The molecule has 4 nitrogen and oxygen atoms in total. The Kier molecular flexibility index (Phi) is 7.26. The summed E-state index contributed by atoms with van der Waals surface area (Å²) in [6.45, 7) is 18.8. The summed E-state index contributed by atoms with van der Waals surface area (Å²) < 4.78 is 5.97. The molecule has 132 valence electrons. The lowest BCUT2D eigenvalue weighted by molar-refractivity contribution is -0.128. The minimum absolute atomic E-state index is 0.0296. The van der Waals surface area contributed by atoms with E-state index in [0.717, 1.165) is 12.8 Å². The molecule has 0 aliphatic rings. The predicted molar refractivity (Wildman–Crippen MR) is 93.8 cm³/mol. The summed E-state index contributed by atoms with van der Waals surface area (Å²) in [7, 11) is 0. The lowest BCUT2D eigenvalue weighted by atomic mass is 9.86. The molecule has 0 bridgehead atoms. The zero-order valence-electron chi connectivity index (χ0n) is 16.2. The van der Waals surface area contributed by atoms with Crippen LogP contribution in [0.2, 0.25) is 0 Å². The largest absolute Gasteiger partial charge is 0.375 e. The van der Waals surface area contributed by atoms with Gasteiger partial charge in [-0.3, -0.25) is 10.1 Å². The Morgan fingerprint density at radius 1 is 0.955 bits per heavy atom. The fraction of sp³-hybridized carbons (Fsp3) is 0.944. The van der Waals surface area contributed by atoms with Gasteiger partial charge in [0.05, 0.1) is 17.9 Å². The quantitative estimate of drug-likeness (QED) is 0.672. The van der Waals surface area contributed by atoms with Crippen LogP contribution in [0.5, 0.6) is 0 Å². The van der Waals surface area contributed by atoms with Crippen molar-refractivity contribution in [1.82, 2.24) is 5.32 Å². The van der Waals surface area contributed by atoms with E-state index in [1.165, 1.54) is 0 Å². The highest BCUT2D eigenvalue weighted by atomic mass is 16.5. The zero-order chi connectivity index (χ0) is 17.8. The van der Waals surface area contributed by atoms with E-state index in [1.807, 2.05) is 41.5 Å². The van der Waals surface area contributed by atoms with Crippen molar-refractivity contribution in [3.8, 4) is 0 Å². The number of Topliss-reactive ketones (excluding diaryl/α,β-unsaturated/α-hetero) is 1. The number of ketones is 1. The molecule has 0 aromatic carbocycles. The molecule has 1 unspecified atom stereocenters. The number of rotatable bonds is 8. The Hall–Kier alpha value is -0.450. The molecule has 0 aromatic heterocycles. The minimum Gasteiger partial charge on any atom is -0.375 e. The molecule has 0 aliphatic carbocycles. The van der Waals surface area contributed by atoms with Gasteiger partial charge in [0.1, 0.15) is 5.78 Å². The molecule has 3 N–H and O–H groups in total. The summed E-state index contributed by atoms with van der Waals surface area (Å²) in [5, 5.41) is 3.40. The maximum absolute atomic E-state index is 12.0. The van der Waals surface area contributed by atoms with Crippen molar-refractivity contribution in [2.45, 2.75) is 98.4 Å². The molecule has 0 spiro atoms. The highest BCUT2D eigenvalue weighted by molar-refractivity contribution is 5.83. The first-order valence-electron chi connectivity index (χ1n) is 8.30. The molecular formula is C18H38N2O2. The molecule has 0 rings (SSSR count). The summed E-state index contributed by atoms with van der Waals surface area (Å²) in [6, 6.07) is 0. The van der Waals surface area contributed by atoms with Crippen molar-refractivity contribution in [3.63, 3.8) is 0 Å². The van der Waals surface area contributed by atoms with Crippen LogP contribution in [0.25, 0.3) is 0 Å². The molecule has 0 saturated carbocycles. The SMILES string of the molecule is CC(C)(C)NC(C)(N)CCOC(C)(C)CCC(=O)C(C)(C)C. The van der Waals surface area contributed by atoms with E-state index in [2.05, 4.69) is 26.1 Å². The summed E-state index contributed by atoms with van der Waals surface area (Å²) in [5.41, 5.74) is 5.19. The third-order valence-electron chi connectivity index (χ3n) is 3.57. The van der Waals surface area contributed by atoms with Crippen LogP contribution in [-0.2, 0) is 9.53 Å². The monoisotopic (exact) mass is 314 g/mol. The summed E-state index contributed by atoms with van der Waals surface area (Å²) >= 11 is 0. The van der Waals surface area contributed by atoms with Gasteiger partial charge in [-0.15, -0.1) is 0 Å². The summed E-state index contributed by atoms with van der Waals surface area (Å²) in [5.74, 6) is 0.280. The maximum Gasteiger partial charge on any atom is 0.138 e. The van der Waals surface area contributed by atoms with E-state index in [9.17, 15) is 4.79 Å². The normalized spacial score (nSPS) is 16.5. The average molecular weight is 315 g/mol. The highest BCUT2D eigenvalue weighted by Crippen LogP contribution is 2.23. The van der Waals surface area contributed by atoms with Gasteiger partial charge in [0.15, 0.2) is 0 Å². The second-order valence-electron chi connectivity index (χ2n) is 9.32. The molecule has 0 aliphatic heterocycles. The number of nitrogens with two attached hydrogens (primary N) is 1. The van der Waals surface area contributed by atoms with Gasteiger partial charge in [0.25, 0.3) is 0 Å². The van der Waals surface area contributed by atoms with E-state index in [-0.39, 0.29) is 22.3 Å². The van der Waals surface area contributed by atoms with E-state index in [4.69, 9.17) is 10.5 Å². The fourth-order valence-electron chi connectivity index (χ4n) is 2.32. The van der Waals surface area contributed by atoms with Gasteiger partial charge in [-0.1, -0.05) is 20.8 Å². The molecule has 0 radical (unpaired) electrons. The Bertz CT molecular complexity index is 360. The lowest BCUT2D eigenvalue weighted by Gasteiger charge is -2.35. The summed E-state index contributed by atoms with van der Waals surface area (Å²) in [4.78, 5) is 12.0. The predicted octanol–water partition coefficient (Wildman–Crippen LogP) is 3.63. The molecule has 0 aromatic rings. The van der Waals surface area contributed by atoms with Crippen LogP contribution in [0.3, 0.4) is 0 Å². The van der Waals surface area contributed by atoms with E-state index in [1.54, 1.807) is 0 Å². The van der Waals surface area contributed by atoms with Gasteiger partial charge in [-0.05, 0) is 48.0 Å². The second-order valence-corrected chi connectivity index (χ2v) is 9.32. The van der Waals surface area contributed by atoms with Gasteiger partial charge in [-0.2, -0.15) is 0 Å². The van der Waals surface area contributed by atoms with E-state index in [0.29, 0.717) is 13.0 Å². The van der Waals surface area contributed by atoms with E-state index < -0.39 is 5.66 Å². The molecule has 22 heavy (non-hydrogen) atoms. The number of carbonyl (C=O) groups excluding carboxylic acids is 1. The first-order chi connectivity index (χ1) is 9.54. The standard InChI is InChI=1S/C18H38N2O2/c1-15(2,3)14(21)10-11-17(7,8)22-13-12-18(9,19)20-16(4,5)6/h20H,10-13,19H2,1-9H3. The minimum atomic E-state index is -0.463. The van der Waals surface area contributed by atoms with Crippen LogP contribution in [-0.4, -0.2) is 29.2 Å². The average Bonchev–Trinajstić information content (AvgIpc) is 2.20. The lowest BCUT2D eigenvalue weighted by Crippen LogP contribution is -2.58. The first kappa shape index (κ1) is 21.6. The Balaban J connectivity index is 4.26. The molecular weight excluding hydrogens is 276 g/mol. The molecule has 4 heteroatoms. The van der Waals surface area contributed by atoms with E-state index >= 15 is 0 Å². The van der Waals surface area contributed by atoms with Gasteiger partial charge < -0.3 is 10.5 Å². The van der Waals surface area contributed by atoms with Crippen molar-refractivity contribution >= 4 is 5.78 Å². The van der Waals surface area contributed by atoms with Gasteiger partial charge >= 0.3 is 0 Å². The number of nitrogens with one attached hydrogen (secondary N) is 1. The Labute approximate surface area is 137 Å². The Morgan fingerprint density at radius 3 is 1.86 bits per heavy atom. The van der Waals surface area contributed by atoms with Crippen molar-refractivity contribution in [3.05, 3.63) is 0 Å². The third kappa shape index (κ3) is 10.3. The smallest absolute Gasteiger partial charge is 0.138 e. The van der Waals surface area contributed by atoms with Crippen molar-refractivity contribution in [2.75, 3.05) is 6.61 Å². The number of ether oxygens (including phenoxy) is 1. The third-order valence-corrected chi connectivity index (χ3v) is 3.57. The van der Waals surface area contributed by atoms with Gasteiger partial charge in [0, 0.05) is 23.8 Å². The van der Waals surface area contributed by atoms with Crippen LogP contribution in [0, 0.1) is 5.41 Å². The highest BCUT2D eigenvalue weighted by Gasteiger charge is 2.28.